The molecular weight excluding hydrogens is 324 g/mol. The van der Waals surface area contributed by atoms with E-state index in [4.69, 9.17) is 4.74 Å². The number of unbranched alkanes of at least 4 members (excludes halogenated alkanes) is 1. The summed E-state index contributed by atoms with van der Waals surface area (Å²) in [6.45, 7) is 5.47. The molecule has 1 N–H and O–H groups in total. The van der Waals surface area contributed by atoms with Crippen LogP contribution in [0, 0.1) is 5.92 Å². The molecule has 6 heteroatoms. The van der Waals surface area contributed by atoms with Gasteiger partial charge in [-0.1, -0.05) is 13.3 Å². The molecule has 0 radical (unpaired) electrons. The van der Waals surface area contributed by atoms with Crippen molar-refractivity contribution >= 4 is 23.2 Å². The van der Waals surface area contributed by atoms with Gasteiger partial charge in [0, 0.05) is 30.4 Å². The summed E-state index contributed by atoms with van der Waals surface area (Å²) in [6.07, 6.45) is 4.67. The Morgan fingerprint density at radius 2 is 2.17 bits per heavy atom. The molecule has 24 heavy (non-hydrogen) atoms. The molecule has 5 nitrogen and oxygen atoms in total. The molecule has 1 fully saturated rings. The molecule has 0 bridgehead atoms. The average molecular weight is 350 g/mol. The number of aryl methyl sites for hydroxylation is 1. The number of nitrogens with one attached hydrogen (secondary N) is 1. The molecule has 0 unspecified atom stereocenters. The van der Waals surface area contributed by atoms with Crippen LogP contribution < -0.4 is 5.32 Å². The maximum Gasteiger partial charge on any atom is 0.264 e. The summed E-state index contributed by atoms with van der Waals surface area (Å²) in [6, 6.07) is 2.02. The summed E-state index contributed by atoms with van der Waals surface area (Å²) in [4.78, 5) is 28.8. The summed E-state index contributed by atoms with van der Waals surface area (Å²) in [5, 5.41) is 3.04. The maximum absolute atomic E-state index is 12.6. The molecule has 132 valence electrons. The second-order valence-electron chi connectivity index (χ2n) is 6.55. The first-order valence-corrected chi connectivity index (χ1v) is 9.77. The lowest BCUT2D eigenvalue weighted by Gasteiger charge is -2.26. The molecule has 3 rings (SSSR count). The molecule has 0 spiro atoms. The van der Waals surface area contributed by atoms with Crippen LogP contribution in [0.25, 0.3) is 0 Å². The van der Waals surface area contributed by atoms with Crippen LogP contribution in [0.4, 0.5) is 0 Å². The second kappa shape index (κ2) is 8.12. The number of hydrogen-bond acceptors (Lipinski definition) is 4. The minimum atomic E-state index is 0.0512. The van der Waals surface area contributed by atoms with Crippen molar-refractivity contribution in [1.82, 2.24) is 10.2 Å². The van der Waals surface area contributed by atoms with E-state index < -0.39 is 0 Å². The topological polar surface area (TPSA) is 58.6 Å². The highest BCUT2D eigenvalue weighted by Crippen LogP contribution is 2.33. The zero-order valence-corrected chi connectivity index (χ0v) is 15.1. The number of morpholine rings is 1. The number of amides is 2. The third kappa shape index (κ3) is 3.98. The van der Waals surface area contributed by atoms with Gasteiger partial charge in [-0.15, -0.1) is 11.3 Å². The van der Waals surface area contributed by atoms with Crippen LogP contribution in [-0.2, 0) is 22.4 Å². The molecule has 1 atom stereocenters. The van der Waals surface area contributed by atoms with E-state index >= 15 is 0 Å². The van der Waals surface area contributed by atoms with Crippen LogP contribution >= 0.6 is 11.3 Å². The smallest absolute Gasteiger partial charge is 0.264 e. The first kappa shape index (κ1) is 17.4. The van der Waals surface area contributed by atoms with E-state index in [9.17, 15) is 9.59 Å². The van der Waals surface area contributed by atoms with E-state index in [0.717, 1.165) is 43.5 Å². The van der Waals surface area contributed by atoms with Crippen molar-refractivity contribution in [3.63, 3.8) is 0 Å². The SMILES string of the molecule is CCCCNC(=O)[C@H]1CCc2sc(C(=O)N3CCOCC3)cc2C1. The summed E-state index contributed by atoms with van der Waals surface area (Å²) in [5.41, 5.74) is 1.19. The minimum absolute atomic E-state index is 0.0512. The molecule has 1 aliphatic heterocycles. The molecule has 2 amide bonds. The third-order valence-electron chi connectivity index (χ3n) is 4.79. The van der Waals surface area contributed by atoms with Crippen LogP contribution in [0.5, 0.6) is 0 Å². The number of thiophene rings is 1. The van der Waals surface area contributed by atoms with Crippen molar-refractivity contribution in [1.29, 1.82) is 0 Å². The van der Waals surface area contributed by atoms with Gasteiger partial charge < -0.3 is 15.0 Å². The number of fused-ring (bicyclic) bond motifs is 1. The lowest BCUT2D eigenvalue weighted by molar-refractivity contribution is -0.125. The molecule has 1 aromatic heterocycles. The predicted molar refractivity (Wildman–Crippen MR) is 94.5 cm³/mol. The summed E-state index contributed by atoms with van der Waals surface area (Å²) >= 11 is 1.61. The molecule has 0 saturated carbocycles. The van der Waals surface area contributed by atoms with Crippen LogP contribution in [0.1, 0.15) is 46.3 Å². The maximum atomic E-state index is 12.6. The normalized spacial score (nSPS) is 20.5. The highest BCUT2D eigenvalue weighted by atomic mass is 32.1. The largest absolute Gasteiger partial charge is 0.378 e. The van der Waals surface area contributed by atoms with Gasteiger partial charge in [-0.2, -0.15) is 0 Å². The molecule has 0 aromatic carbocycles. The summed E-state index contributed by atoms with van der Waals surface area (Å²) < 4.78 is 5.31. The van der Waals surface area contributed by atoms with Crippen LogP contribution in [0.15, 0.2) is 6.07 Å². The Hall–Kier alpha value is -1.40. The van der Waals surface area contributed by atoms with E-state index in [-0.39, 0.29) is 17.7 Å². The van der Waals surface area contributed by atoms with Crippen molar-refractivity contribution in [2.45, 2.75) is 39.0 Å². The van der Waals surface area contributed by atoms with Crippen molar-refractivity contribution in [3.8, 4) is 0 Å². The fourth-order valence-corrected chi connectivity index (χ4v) is 4.48. The molecule has 1 aliphatic carbocycles. The molecular formula is C18H26N2O3S. The highest BCUT2D eigenvalue weighted by molar-refractivity contribution is 7.14. The molecule has 1 saturated heterocycles. The monoisotopic (exact) mass is 350 g/mol. The van der Waals surface area contributed by atoms with Crippen LogP contribution in [0.2, 0.25) is 0 Å². The second-order valence-corrected chi connectivity index (χ2v) is 7.68. The fourth-order valence-electron chi connectivity index (χ4n) is 3.31. The zero-order valence-electron chi connectivity index (χ0n) is 14.3. The number of ether oxygens (including phenoxy) is 1. The van der Waals surface area contributed by atoms with Crippen molar-refractivity contribution < 1.29 is 14.3 Å². The van der Waals surface area contributed by atoms with Crippen molar-refractivity contribution in [2.75, 3.05) is 32.8 Å². The Morgan fingerprint density at radius 3 is 2.92 bits per heavy atom. The van der Waals surface area contributed by atoms with Crippen molar-refractivity contribution in [2.24, 2.45) is 5.92 Å². The van der Waals surface area contributed by atoms with Gasteiger partial charge in [0.25, 0.3) is 5.91 Å². The first-order chi connectivity index (χ1) is 11.7. The fraction of sp³-hybridized carbons (Fsp3) is 0.667. The zero-order chi connectivity index (χ0) is 16.9. The predicted octanol–water partition coefficient (Wildman–Crippen LogP) is 2.24. The van der Waals surface area contributed by atoms with Crippen LogP contribution in [-0.4, -0.2) is 49.6 Å². The van der Waals surface area contributed by atoms with E-state index in [0.29, 0.717) is 26.3 Å². The van der Waals surface area contributed by atoms with E-state index in [1.165, 1.54) is 10.4 Å². The average Bonchev–Trinajstić information content (AvgIpc) is 3.05. The number of carbonyl (C=O) groups is 2. The van der Waals surface area contributed by atoms with Gasteiger partial charge in [0.1, 0.15) is 0 Å². The molecule has 1 aromatic rings. The van der Waals surface area contributed by atoms with Gasteiger partial charge in [-0.05, 0) is 37.3 Å². The van der Waals surface area contributed by atoms with E-state index in [1.807, 2.05) is 11.0 Å². The van der Waals surface area contributed by atoms with Gasteiger partial charge in [-0.3, -0.25) is 9.59 Å². The van der Waals surface area contributed by atoms with Crippen molar-refractivity contribution in [3.05, 3.63) is 21.4 Å². The summed E-state index contributed by atoms with van der Waals surface area (Å²) in [7, 11) is 0. The first-order valence-electron chi connectivity index (χ1n) is 8.95. The standard InChI is InChI=1S/C18H26N2O3S/c1-2-3-6-19-17(21)13-4-5-15-14(11-13)12-16(24-15)18(22)20-7-9-23-10-8-20/h12-13H,2-11H2,1H3,(H,19,21)/t13-/m0/s1. The van der Waals surface area contributed by atoms with Gasteiger partial charge in [0.2, 0.25) is 5.91 Å². The summed E-state index contributed by atoms with van der Waals surface area (Å²) in [5.74, 6) is 0.332. The Balaban J connectivity index is 1.62. The lowest BCUT2D eigenvalue weighted by Crippen LogP contribution is -2.40. The molecule has 2 heterocycles. The van der Waals surface area contributed by atoms with Gasteiger partial charge in [0.15, 0.2) is 0 Å². The molecule has 2 aliphatic rings. The Labute approximate surface area is 147 Å². The lowest BCUT2D eigenvalue weighted by atomic mass is 9.87. The van der Waals surface area contributed by atoms with Gasteiger partial charge >= 0.3 is 0 Å². The highest BCUT2D eigenvalue weighted by Gasteiger charge is 2.28. The number of hydrogen-bond donors (Lipinski definition) is 1. The Bertz CT molecular complexity index is 593. The Morgan fingerprint density at radius 1 is 1.38 bits per heavy atom. The van der Waals surface area contributed by atoms with E-state index in [2.05, 4.69) is 12.2 Å². The van der Waals surface area contributed by atoms with Gasteiger partial charge in [0.05, 0.1) is 18.1 Å². The number of carbonyl (C=O) groups excluding carboxylic acids is 2. The Kier molecular flexibility index (Phi) is 5.89. The van der Waals surface area contributed by atoms with E-state index in [1.54, 1.807) is 11.3 Å². The number of rotatable bonds is 5. The minimum Gasteiger partial charge on any atom is -0.378 e. The quantitative estimate of drug-likeness (QED) is 0.829. The van der Waals surface area contributed by atoms with Gasteiger partial charge in [-0.25, -0.2) is 0 Å². The number of nitrogens with zero attached hydrogens (tertiary/aromatic N) is 1. The van der Waals surface area contributed by atoms with Crippen LogP contribution in [0.3, 0.4) is 0 Å². The third-order valence-corrected chi connectivity index (χ3v) is 6.02.